The Morgan fingerprint density at radius 3 is 2.88 bits per heavy atom. The molecule has 8 heavy (non-hydrogen) atoms. The lowest BCUT2D eigenvalue weighted by molar-refractivity contribution is 0.256. The van der Waals surface area contributed by atoms with Gasteiger partial charge < -0.3 is 4.90 Å². The van der Waals surface area contributed by atoms with Crippen LogP contribution in [0.3, 0.4) is 0 Å². The van der Waals surface area contributed by atoms with Gasteiger partial charge in [-0.2, -0.15) is 0 Å². The highest BCUT2D eigenvalue weighted by molar-refractivity contribution is 4.87. The van der Waals surface area contributed by atoms with Gasteiger partial charge in [0.1, 0.15) is 6.67 Å². The van der Waals surface area contributed by atoms with Crippen molar-refractivity contribution in [3.63, 3.8) is 0 Å². The average molecular weight is 116 g/mol. The Morgan fingerprint density at radius 2 is 2.62 bits per heavy atom. The summed E-state index contributed by atoms with van der Waals surface area (Å²) >= 11 is 0. The Morgan fingerprint density at radius 1 is 1.88 bits per heavy atom. The van der Waals surface area contributed by atoms with Crippen molar-refractivity contribution in [1.29, 1.82) is 0 Å². The van der Waals surface area contributed by atoms with Crippen LogP contribution in [0.1, 0.15) is 6.42 Å². The topological polar surface area (TPSA) is 3.24 Å². The molecule has 1 saturated heterocycles. The Kier molecular flexibility index (Phi) is 1.84. The van der Waals surface area contributed by atoms with Gasteiger partial charge in [-0.05, 0) is 19.9 Å². The molecule has 0 N–H and O–H groups in total. The minimum Gasteiger partial charge on any atom is -0.301 e. The van der Waals surface area contributed by atoms with Gasteiger partial charge in [0.25, 0.3) is 0 Å². The number of halogens is 1. The molecule has 1 heterocycles. The normalized spacial score (nSPS) is 31.5. The first kappa shape index (κ1) is 6.02. The number of hydrogen-bond donors (Lipinski definition) is 0. The highest BCUT2D eigenvalue weighted by Gasteiger charge is 2.19. The third kappa shape index (κ3) is 0.996. The lowest BCUT2D eigenvalue weighted by Crippen LogP contribution is -2.26. The van der Waals surface area contributed by atoms with Gasteiger partial charge in [0.2, 0.25) is 0 Å². The fourth-order valence-electron chi connectivity index (χ4n) is 0.980. The van der Waals surface area contributed by atoms with E-state index < -0.39 is 0 Å². The first-order valence-electron chi connectivity index (χ1n) is 2.92. The Labute approximate surface area is 49.5 Å². The third-order valence-electron chi connectivity index (χ3n) is 1.66. The molecule has 1 aliphatic heterocycles. The maximum absolute atomic E-state index is 11.9. The zero-order valence-corrected chi connectivity index (χ0v) is 5.10. The van der Waals surface area contributed by atoms with E-state index in [1.165, 1.54) is 0 Å². The van der Waals surface area contributed by atoms with Crippen LogP contribution in [-0.2, 0) is 0 Å². The van der Waals surface area contributed by atoms with Crippen molar-refractivity contribution >= 4 is 0 Å². The lowest BCUT2D eigenvalue weighted by Gasteiger charge is -2.14. The van der Waals surface area contributed by atoms with E-state index >= 15 is 0 Å². The maximum Gasteiger partial charge on any atom is 0.105 e. The van der Waals surface area contributed by atoms with Gasteiger partial charge in [0.05, 0.1) is 0 Å². The van der Waals surface area contributed by atoms with Gasteiger partial charge in [0.15, 0.2) is 0 Å². The molecule has 0 aromatic carbocycles. The van der Waals surface area contributed by atoms with Gasteiger partial charge in [-0.25, -0.2) is 4.39 Å². The molecule has 0 aliphatic carbocycles. The van der Waals surface area contributed by atoms with E-state index in [4.69, 9.17) is 0 Å². The number of likely N-dealkylation sites (tertiary alicyclic amines) is 1. The molecule has 1 atom stereocenters. The zero-order chi connectivity index (χ0) is 5.98. The summed E-state index contributed by atoms with van der Waals surface area (Å²) in [6.45, 7) is 0.752. The molecule has 0 amide bonds. The molecule has 0 aromatic heterocycles. The molecule has 0 spiro atoms. The van der Waals surface area contributed by atoms with Crippen LogP contribution in [0, 0.1) is 6.42 Å². The van der Waals surface area contributed by atoms with Gasteiger partial charge >= 0.3 is 0 Å². The van der Waals surface area contributed by atoms with Gasteiger partial charge in [0, 0.05) is 12.6 Å². The lowest BCUT2D eigenvalue weighted by atomic mass is 10.2. The molecule has 47 valence electrons. The molecular weight excluding hydrogens is 105 g/mol. The van der Waals surface area contributed by atoms with E-state index in [9.17, 15) is 4.39 Å². The number of alkyl halides is 1. The van der Waals surface area contributed by atoms with E-state index in [0.29, 0.717) is 0 Å². The fraction of sp³-hybridized carbons (Fsp3) is 0.833. The fourth-order valence-corrected chi connectivity index (χ4v) is 0.980. The molecule has 1 aliphatic rings. The second-order valence-electron chi connectivity index (χ2n) is 2.27. The smallest absolute Gasteiger partial charge is 0.105 e. The molecule has 0 unspecified atom stereocenters. The minimum atomic E-state index is -0.201. The number of hydrogen-bond acceptors (Lipinski definition) is 1. The molecule has 1 radical (unpaired) electrons. The Bertz CT molecular complexity index is 74.9. The molecule has 0 saturated carbocycles. The largest absolute Gasteiger partial charge is 0.301 e. The summed E-state index contributed by atoms with van der Waals surface area (Å²) in [5, 5.41) is 0. The molecule has 0 aromatic rings. The van der Waals surface area contributed by atoms with Crippen molar-refractivity contribution in [3.8, 4) is 0 Å². The molecule has 2 heteroatoms. The predicted octanol–water partition coefficient (Wildman–Crippen LogP) is 0.864. The highest BCUT2D eigenvalue weighted by atomic mass is 19.1. The van der Waals surface area contributed by atoms with E-state index in [0.717, 1.165) is 13.0 Å². The SMILES string of the molecule is CN1C[CH]C[C@@H]1CF. The van der Waals surface area contributed by atoms with Crippen molar-refractivity contribution < 1.29 is 4.39 Å². The van der Waals surface area contributed by atoms with Crippen LogP contribution < -0.4 is 0 Å². The monoisotopic (exact) mass is 116 g/mol. The van der Waals surface area contributed by atoms with E-state index in [1.54, 1.807) is 0 Å². The summed E-state index contributed by atoms with van der Waals surface area (Å²) in [7, 11) is 1.95. The van der Waals surface area contributed by atoms with Crippen LogP contribution in [0.4, 0.5) is 4.39 Å². The summed E-state index contributed by atoms with van der Waals surface area (Å²) in [4.78, 5) is 2.03. The standard InChI is InChI=1S/C6H11FN/c1-8-4-2-3-6(8)5-7/h2,6H,3-5H2,1H3/t6-/m1/s1. The summed E-state index contributed by atoms with van der Waals surface area (Å²) < 4.78 is 11.9. The highest BCUT2D eigenvalue weighted by Crippen LogP contribution is 2.13. The van der Waals surface area contributed by atoms with E-state index in [-0.39, 0.29) is 12.7 Å². The molecule has 1 rings (SSSR count). The second-order valence-corrected chi connectivity index (χ2v) is 2.27. The number of rotatable bonds is 1. The van der Waals surface area contributed by atoms with Crippen molar-refractivity contribution in [1.82, 2.24) is 4.90 Å². The van der Waals surface area contributed by atoms with Gasteiger partial charge in [-0.15, -0.1) is 0 Å². The average Bonchev–Trinajstić information content (AvgIpc) is 2.14. The van der Waals surface area contributed by atoms with Crippen LogP contribution in [0.25, 0.3) is 0 Å². The first-order valence-corrected chi connectivity index (χ1v) is 2.92. The van der Waals surface area contributed by atoms with Crippen molar-refractivity contribution in [3.05, 3.63) is 6.42 Å². The molecule has 1 fully saturated rings. The minimum absolute atomic E-state index is 0.176. The van der Waals surface area contributed by atoms with Crippen LogP contribution in [0.15, 0.2) is 0 Å². The van der Waals surface area contributed by atoms with Gasteiger partial charge in [-0.3, -0.25) is 0 Å². The van der Waals surface area contributed by atoms with E-state index in [1.807, 2.05) is 11.9 Å². The predicted molar refractivity (Wildman–Crippen MR) is 31.3 cm³/mol. The second kappa shape index (κ2) is 2.44. The Hall–Kier alpha value is -0.110. The summed E-state index contributed by atoms with van der Waals surface area (Å²) in [6.07, 6.45) is 3.04. The summed E-state index contributed by atoms with van der Waals surface area (Å²) in [6, 6.07) is 0.176. The van der Waals surface area contributed by atoms with Crippen molar-refractivity contribution in [2.24, 2.45) is 0 Å². The van der Waals surface area contributed by atoms with Crippen LogP contribution in [0.5, 0.6) is 0 Å². The number of nitrogens with zero attached hydrogens (tertiary/aromatic N) is 1. The van der Waals surface area contributed by atoms with Crippen LogP contribution >= 0.6 is 0 Å². The summed E-state index contributed by atoms with van der Waals surface area (Å²) in [5.74, 6) is 0. The van der Waals surface area contributed by atoms with Crippen LogP contribution in [0.2, 0.25) is 0 Å². The molecule has 0 bridgehead atoms. The zero-order valence-electron chi connectivity index (χ0n) is 5.10. The molecule has 1 nitrogen and oxygen atoms in total. The Balaban J connectivity index is 2.30. The van der Waals surface area contributed by atoms with E-state index in [2.05, 4.69) is 6.42 Å². The third-order valence-corrected chi connectivity index (χ3v) is 1.66. The summed E-state index contributed by atoms with van der Waals surface area (Å²) in [5.41, 5.74) is 0. The molecular formula is C6H11FN. The first-order chi connectivity index (χ1) is 3.84. The van der Waals surface area contributed by atoms with Crippen molar-refractivity contribution in [2.45, 2.75) is 12.5 Å². The van der Waals surface area contributed by atoms with Gasteiger partial charge in [-0.1, -0.05) is 0 Å². The van der Waals surface area contributed by atoms with Crippen LogP contribution in [-0.4, -0.2) is 31.2 Å². The quantitative estimate of drug-likeness (QED) is 0.491. The van der Waals surface area contributed by atoms with Crippen molar-refractivity contribution in [2.75, 3.05) is 20.3 Å². The maximum atomic E-state index is 11.9.